The zero-order valence-corrected chi connectivity index (χ0v) is 10.4. The largest absolute Gasteiger partial charge is 0.345 e. The fourth-order valence-electron chi connectivity index (χ4n) is 2.22. The lowest BCUT2D eigenvalue weighted by Crippen LogP contribution is -2.40. The molecule has 0 aromatic heterocycles. The molecule has 0 saturated carbocycles. The fourth-order valence-corrected chi connectivity index (χ4v) is 2.42. The Balaban J connectivity index is 1.91. The lowest BCUT2D eigenvalue weighted by molar-refractivity contribution is -0.125. The van der Waals surface area contributed by atoms with E-state index in [0.29, 0.717) is 11.3 Å². The number of hydrogen-bond acceptors (Lipinski definition) is 4. The second kappa shape index (κ2) is 4.31. The van der Waals surface area contributed by atoms with Crippen molar-refractivity contribution in [2.45, 2.75) is 19.0 Å². The normalized spacial score (nSPS) is 21.6. The van der Waals surface area contributed by atoms with Crippen LogP contribution in [0, 0.1) is 5.82 Å². The van der Waals surface area contributed by atoms with Crippen molar-refractivity contribution in [2.75, 3.05) is 0 Å². The number of nitrogens with one attached hydrogen (secondary N) is 1. The van der Waals surface area contributed by atoms with Crippen LogP contribution in [0.3, 0.4) is 0 Å². The molecule has 2 amide bonds. The maximum Gasteiger partial charge on any atom is 0.249 e. The van der Waals surface area contributed by atoms with Crippen molar-refractivity contribution in [3.63, 3.8) is 0 Å². The number of carbonyl (C=O) groups excluding carboxylic acids is 2. The number of carbonyl (C=O) groups is 2. The van der Waals surface area contributed by atoms with E-state index < -0.39 is 11.9 Å². The second-order valence-corrected chi connectivity index (χ2v) is 4.87. The third kappa shape index (κ3) is 2.08. The van der Waals surface area contributed by atoms with Gasteiger partial charge < -0.3 is 4.90 Å². The Hall–Kier alpha value is -1.95. The summed E-state index contributed by atoms with van der Waals surface area (Å²) in [5.74, 6) is -1.17. The van der Waals surface area contributed by atoms with Crippen LogP contribution in [0.25, 0.3) is 0 Å². The van der Waals surface area contributed by atoms with Crippen LogP contribution in [0.5, 0.6) is 0 Å². The van der Waals surface area contributed by atoms with Crippen LogP contribution in [-0.4, -0.2) is 29.1 Å². The molecule has 0 spiro atoms. The number of nitrogens with zero attached hydrogens (tertiary/aromatic N) is 2. The predicted molar refractivity (Wildman–Crippen MR) is 66.7 cm³/mol. The molecule has 2 heterocycles. The van der Waals surface area contributed by atoms with Crippen molar-refractivity contribution in [1.82, 2.24) is 10.2 Å². The Morgan fingerprint density at radius 3 is 2.89 bits per heavy atom. The number of imide groups is 1. The molecule has 1 saturated heterocycles. The number of fused-ring (bicyclic) bond motifs is 1. The van der Waals surface area contributed by atoms with Crippen LogP contribution >= 0.6 is 11.6 Å². The first-order valence-corrected chi connectivity index (χ1v) is 6.04. The summed E-state index contributed by atoms with van der Waals surface area (Å²) >= 11 is 5.75. The minimum Gasteiger partial charge on any atom is -0.345 e. The molecule has 1 fully saturated rings. The van der Waals surface area contributed by atoms with Gasteiger partial charge in [0.05, 0.1) is 18.4 Å². The summed E-state index contributed by atoms with van der Waals surface area (Å²) < 4.78 is 13.8. The molecule has 0 aliphatic carbocycles. The van der Waals surface area contributed by atoms with Gasteiger partial charge >= 0.3 is 0 Å². The van der Waals surface area contributed by atoms with Crippen molar-refractivity contribution in [1.29, 1.82) is 0 Å². The van der Waals surface area contributed by atoms with Gasteiger partial charge in [0.15, 0.2) is 0 Å². The van der Waals surface area contributed by atoms with Gasteiger partial charge in [0.25, 0.3) is 0 Å². The maximum absolute atomic E-state index is 13.8. The van der Waals surface area contributed by atoms with Crippen molar-refractivity contribution in [3.05, 3.63) is 28.5 Å². The SMILES string of the molecule is O=C1CC(N2C=Nc3cc(Cl)cc(F)c3C2)C(=O)N1. The van der Waals surface area contributed by atoms with E-state index in [1.54, 1.807) is 11.0 Å². The van der Waals surface area contributed by atoms with E-state index in [1.807, 2.05) is 0 Å². The highest BCUT2D eigenvalue weighted by molar-refractivity contribution is 6.30. The van der Waals surface area contributed by atoms with Gasteiger partial charge in [0, 0.05) is 17.1 Å². The van der Waals surface area contributed by atoms with Gasteiger partial charge in [0.1, 0.15) is 11.9 Å². The number of rotatable bonds is 1. The van der Waals surface area contributed by atoms with E-state index in [4.69, 9.17) is 11.6 Å². The van der Waals surface area contributed by atoms with Gasteiger partial charge in [-0.1, -0.05) is 11.6 Å². The van der Waals surface area contributed by atoms with Crippen LogP contribution in [0.1, 0.15) is 12.0 Å². The first-order valence-electron chi connectivity index (χ1n) is 5.66. The molecule has 0 bridgehead atoms. The molecule has 2 aliphatic rings. The topological polar surface area (TPSA) is 61.8 Å². The Bertz CT molecular complexity index is 617. The van der Waals surface area contributed by atoms with Crippen molar-refractivity contribution in [3.8, 4) is 0 Å². The Labute approximate surface area is 113 Å². The maximum atomic E-state index is 13.8. The van der Waals surface area contributed by atoms with Gasteiger partial charge in [-0.15, -0.1) is 0 Å². The van der Waals surface area contributed by atoms with Gasteiger partial charge in [-0.2, -0.15) is 0 Å². The highest BCUT2D eigenvalue weighted by Gasteiger charge is 2.35. The molecule has 1 aromatic carbocycles. The molecule has 1 unspecified atom stereocenters. The molecule has 7 heteroatoms. The van der Waals surface area contributed by atoms with Crippen LogP contribution in [0.2, 0.25) is 5.02 Å². The molecule has 1 aromatic rings. The van der Waals surface area contributed by atoms with Gasteiger partial charge in [-0.3, -0.25) is 14.9 Å². The number of amides is 2. The average Bonchev–Trinajstić information content (AvgIpc) is 2.68. The van der Waals surface area contributed by atoms with Crippen LogP contribution in [-0.2, 0) is 16.1 Å². The molecule has 5 nitrogen and oxygen atoms in total. The monoisotopic (exact) mass is 281 g/mol. The van der Waals surface area contributed by atoms with Crippen LogP contribution < -0.4 is 5.32 Å². The first kappa shape index (κ1) is 12.1. The van der Waals surface area contributed by atoms with E-state index in [-0.39, 0.29) is 29.8 Å². The standard InChI is InChI=1S/C12H9ClFN3O2/c13-6-1-8(14)7-4-17(5-15-9(7)2-6)10-3-11(18)16-12(10)19/h1-2,5,10H,3-4H2,(H,16,18,19). The van der Waals surface area contributed by atoms with Crippen molar-refractivity contribution in [2.24, 2.45) is 4.99 Å². The Morgan fingerprint density at radius 1 is 1.42 bits per heavy atom. The van der Waals surface area contributed by atoms with Gasteiger partial charge in [0.2, 0.25) is 11.8 Å². The molecule has 2 aliphatic heterocycles. The zero-order valence-electron chi connectivity index (χ0n) is 9.69. The van der Waals surface area contributed by atoms with Crippen LogP contribution in [0.4, 0.5) is 10.1 Å². The third-order valence-electron chi connectivity index (χ3n) is 3.17. The minimum atomic E-state index is -0.625. The summed E-state index contributed by atoms with van der Waals surface area (Å²) in [6, 6.07) is 2.15. The Morgan fingerprint density at radius 2 is 2.21 bits per heavy atom. The summed E-state index contributed by atoms with van der Waals surface area (Å²) in [6.07, 6.45) is 1.51. The lowest BCUT2D eigenvalue weighted by atomic mass is 10.1. The zero-order chi connectivity index (χ0) is 13.6. The number of hydrogen-bond donors (Lipinski definition) is 1. The molecule has 19 heavy (non-hydrogen) atoms. The van der Waals surface area contributed by atoms with E-state index in [2.05, 4.69) is 10.3 Å². The van der Waals surface area contributed by atoms with Crippen molar-refractivity contribution < 1.29 is 14.0 Å². The highest BCUT2D eigenvalue weighted by atomic mass is 35.5. The quantitative estimate of drug-likeness (QED) is 0.791. The van der Waals surface area contributed by atoms with E-state index in [9.17, 15) is 14.0 Å². The molecule has 1 N–H and O–H groups in total. The summed E-state index contributed by atoms with van der Waals surface area (Å²) in [7, 11) is 0. The molecule has 1 atom stereocenters. The first-order chi connectivity index (χ1) is 9.04. The van der Waals surface area contributed by atoms with E-state index >= 15 is 0 Å². The smallest absolute Gasteiger partial charge is 0.249 e. The van der Waals surface area contributed by atoms with Gasteiger partial charge in [-0.05, 0) is 12.1 Å². The summed E-state index contributed by atoms with van der Waals surface area (Å²) in [5.41, 5.74) is 0.824. The molecule has 0 radical (unpaired) electrons. The summed E-state index contributed by atoms with van der Waals surface area (Å²) in [5, 5.41) is 2.49. The molecular formula is C12H9ClFN3O2. The summed E-state index contributed by atoms with van der Waals surface area (Å²) in [4.78, 5) is 28.4. The summed E-state index contributed by atoms with van der Waals surface area (Å²) in [6.45, 7) is 0.188. The third-order valence-corrected chi connectivity index (χ3v) is 3.39. The number of benzene rings is 1. The van der Waals surface area contributed by atoms with E-state index in [0.717, 1.165) is 0 Å². The highest BCUT2D eigenvalue weighted by Crippen LogP contribution is 2.31. The van der Waals surface area contributed by atoms with E-state index in [1.165, 1.54) is 12.4 Å². The predicted octanol–water partition coefficient (Wildman–Crippen LogP) is 1.37. The molecule has 3 rings (SSSR count). The van der Waals surface area contributed by atoms with Crippen LogP contribution in [0.15, 0.2) is 17.1 Å². The molecular weight excluding hydrogens is 273 g/mol. The lowest BCUT2D eigenvalue weighted by Gasteiger charge is -2.28. The second-order valence-electron chi connectivity index (χ2n) is 4.43. The van der Waals surface area contributed by atoms with Crippen molar-refractivity contribution >= 4 is 35.4 Å². The Kier molecular flexibility index (Phi) is 2.74. The van der Waals surface area contributed by atoms with Gasteiger partial charge in [-0.25, -0.2) is 9.38 Å². The average molecular weight is 282 g/mol. The number of aliphatic imine (C=N–C) groups is 1. The fraction of sp³-hybridized carbons (Fsp3) is 0.250. The minimum absolute atomic E-state index is 0.0649. The molecule has 98 valence electrons. The number of halogens is 2.